The number of rotatable bonds is 8. The molecule has 0 saturated carbocycles. The van der Waals surface area contributed by atoms with E-state index in [0.29, 0.717) is 0 Å². The minimum Gasteiger partial charge on any atom is -0.424 e. The van der Waals surface area contributed by atoms with Crippen molar-refractivity contribution >= 4 is 29.6 Å². The van der Waals surface area contributed by atoms with Crippen molar-refractivity contribution in [2.75, 3.05) is 6.23 Å². The predicted molar refractivity (Wildman–Crippen MR) is 114 cm³/mol. The Balaban J connectivity index is 3.83. The Morgan fingerprint density at radius 1 is 0.529 bits per heavy atom. The molecular weight excluding hydrogens is 561 g/mol. The lowest BCUT2D eigenvalue weighted by molar-refractivity contribution is -0.134. The van der Waals surface area contributed by atoms with Gasteiger partial charge in [0.1, 0.15) is 0 Å². The van der Waals surface area contributed by atoms with Crippen LogP contribution in [0.3, 0.4) is 0 Å². The molecule has 204 valence electrons. The summed E-state index contributed by atoms with van der Waals surface area (Å²) in [5.41, 5.74) is 0. The monoisotopic (exact) mass is 590 g/mol. The maximum Gasteiger partial charge on any atom is 0.388 e. The summed E-state index contributed by atoms with van der Waals surface area (Å²) >= 11 is 0. The van der Waals surface area contributed by atoms with E-state index in [1.807, 2.05) is 0 Å². The first-order valence-corrected chi connectivity index (χ1v) is 24.6. The summed E-state index contributed by atoms with van der Waals surface area (Å²) in [6.07, 6.45) is -25.8. The minimum absolute atomic E-state index is 0.517. The van der Waals surface area contributed by atoms with Gasteiger partial charge in [0.05, 0.1) is 14.7 Å². The summed E-state index contributed by atoms with van der Waals surface area (Å²) in [5, 5.41) is 0. The van der Waals surface area contributed by atoms with E-state index in [4.69, 9.17) is 4.43 Å². The largest absolute Gasteiger partial charge is 0.424 e. The molecule has 1 aliphatic rings. The fourth-order valence-corrected chi connectivity index (χ4v) is 84.1. The molecule has 34 heavy (non-hydrogen) atoms. The molecule has 0 aliphatic carbocycles. The molecule has 0 atom stereocenters. The third-order valence-corrected chi connectivity index (χ3v) is 71.8. The molecule has 0 N–H and O–H groups in total. The molecule has 1 nitrogen and oxygen atoms in total. The highest BCUT2D eigenvalue weighted by Gasteiger charge is 2.71. The topological polar surface area (TPSA) is 9.23 Å². The van der Waals surface area contributed by atoms with Gasteiger partial charge in [-0.25, -0.2) is 0 Å². The molecule has 0 bridgehead atoms. The average Bonchev–Trinajstić information content (AvgIpc) is 2.57. The van der Waals surface area contributed by atoms with Crippen molar-refractivity contribution in [1.82, 2.24) is 0 Å². The molecule has 1 heterocycles. The molecule has 1 saturated heterocycles. The van der Waals surface area contributed by atoms with Gasteiger partial charge in [0.2, 0.25) is 0 Å². The van der Waals surface area contributed by atoms with Crippen LogP contribution in [0.5, 0.6) is 0 Å². The van der Waals surface area contributed by atoms with Crippen LogP contribution in [-0.2, 0) is 4.43 Å². The van der Waals surface area contributed by atoms with Crippen molar-refractivity contribution in [2.45, 2.75) is 101 Å². The summed E-state index contributed by atoms with van der Waals surface area (Å²) in [6.45, 7) is 6.41. The summed E-state index contributed by atoms with van der Waals surface area (Å²) in [5.74, 6) is 0. The molecule has 0 spiro atoms. The normalized spacial score (nSPS) is 22.6. The highest BCUT2D eigenvalue weighted by Crippen LogP contribution is 2.53. The molecule has 1 aliphatic heterocycles. The summed E-state index contributed by atoms with van der Waals surface area (Å²) in [7, 11) is -14.2. The Labute approximate surface area is 194 Å². The molecule has 0 radical (unpaired) electrons. The van der Waals surface area contributed by atoms with Gasteiger partial charge in [-0.1, -0.05) is 25.2 Å². The van der Waals surface area contributed by atoms with E-state index in [-0.39, 0.29) is 0 Å². The van der Waals surface area contributed by atoms with E-state index in [0.717, 1.165) is 0 Å². The number of hydrogen-bond donors (Lipinski definition) is 0. The zero-order valence-electron chi connectivity index (χ0n) is 19.3. The molecule has 0 amide bonds. The third kappa shape index (κ3) is 7.99. The van der Waals surface area contributed by atoms with Crippen LogP contribution < -0.4 is 0 Å². The highest BCUT2D eigenvalue weighted by molar-refractivity contribution is 7.84. The second-order valence-electron chi connectivity index (χ2n) is 10.2. The molecular formula is C17H30F12OSi4. The van der Waals surface area contributed by atoms with Gasteiger partial charge in [-0.2, -0.15) is 52.7 Å². The van der Waals surface area contributed by atoms with Gasteiger partial charge in [0.15, 0.2) is 7.83 Å². The van der Waals surface area contributed by atoms with Gasteiger partial charge in [0, 0.05) is 39.0 Å². The first-order chi connectivity index (χ1) is 14.8. The first kappa shape index (κ1) is 32.0. The summed E-state index contributed by atoms with van der Waals surface area (Å²) < 4.78 is 165. The van der Waals surface area contributed by atoms with E-state index in [1.54, 1.807) is 26.2 Å². The second-order valence-corrected chi connectivity index (χ2v) is 46.9. The lowest BCUT2D eigenvalue weighted by Crippen LogP contribution is -2.88. The van der Waals surface area contributed by atoms with Crippen molar-refractivity contribution in [3.8, 4) is 0 Å². The zero-order chi connectivity index (χ0) is 27.1. The third-order valence-electron chi connectivity index (χ3n) is 7.87. The van der Waals surface area contributed by atoms with E-state index in [2.05, 4.69) is 0 Å². The van der Waals surface area contributed by atoms with Crippen LogP contribution in [-0.4, -0.2) is 60.6 Å². The molecule has 1 fully saturated rings. The highest BCUT2D eigenvalue weighted by atomic mass is 29.8. The molecule has 0 aromatic rings. The van der Waals surface area contributed by atoms with Crippen LogP contribution in [0.1, 0.15) is 25.7 Å². The van der Waals surface area contributed by atoms with Gasteiger partial charge >= 0.3 is 24.7 Å². The van der Waals surface area contributed by atoms with Crippen molar-refractivity contribution in [1.29, 1.82) is 0 Å². The Morgan fingerprint density at radius 3 is 1.12 bits per heavy atom. The maximum absolute atomic E-state index is 13.4. The molecule has 1 rings (SSSR count). The van der Waals surface area contributed by atoms with Gasteiger partial charge in [-0.15, -0.1) is 0 Å². The van der Waals surface area contributed by atoms with E-state index >= 15 is 0 Å². The molecule has 17 heteroatoms. The van der Waals surface area contributed by atoms with Crippen molar-refractivity contribution in [3.63, 3.8) is 0 Å². The molecule has 0 unspecified atom stereocenters. The Morgan fingerprint density at radius 2 is 0.824 bits per heavy atom. The number of alkyl halides is 12. The summed E-state index contributed by atoms with van der Waals surface area (Å²) in [4.78, 5) is 0. The maximum atomic E-state index is 13.4. The number of halogens is 12. The Kier molecular flexibility index (Phi) is 9.45. The smallest absolute Gasteiger partial charge is 0.388 e. The van der Waals surface area contributed by atoms with Gasteiger partial charge in [0.25, 0.3) is 0 Å². The van der Waals surface area contributed by atoms with Gasteiger partial charge in [-0.05, 0) is 25.2 Å². The van der Waals surface area contributed by atoms with E-state index < -0.39 is 110 Å². The fraction of sp³-hybridized carbons (Fsp3) is 1.00. The summed E-state index contributed by atoms with van der Waals surface area (Å²) in [6, 6.07) is -3.16. The second kappa shape index (κ2) is 10.0. The van der Waals surface area contributed by atoms with Crippen LogP contribution in [0.25, 0.3) is 0 Å². The first-order valence-electron chi connectivity index (χ1n) is 10.7. The van der Waals surface area contributed by atoms with E-state index in [9.17, 15) is 52.7 Å². The standard InChI is InChI=1S/C17H30F12OSi4/c1-31(2)30-13-33(9-5-14(18,19)20,10-6-15(21,22)23)34(32(31,3)4,11-7-16(24,25)26)12-8-17(27,28)29/h5-13H2,1-4H3. The van der Waals surface area contributed by atoms with Crippen molar-refractivity contribution in [3.05, 3.63) is 0 Å². The van der Waals surface area contributed by atoms with Gasteiger partial charge in [-0.3, -0.25) is 0 Å². The SMILES string of the molecule is C[Si]1(C)OC[Si](CCC(F)(F)F)(CCC(F)(F)F)[Si](CCC(F)(F)F)(CCC(F)(F)F)[Si]1(C)C. The molecule has 0 aromatic heterocycles. The van der Waals surface area contributed by atoms with Crippen LogP contribution in [0, 0.1) is 0 Å². The predicted octanol–water partition coefficient (Wildman–Crippen LogP) is 8.41. The van der Waals surface area contributed by atoms with Crippen molar-refractivity contribution < 1.29 is 57.1 Å². The van der Waals surface area contributed by atoms with Crippen LogP contribution >= 0.6 is 0 Å². The van der Waals surface area contributed by atoms with Gasteiger partial charge < -0.3 is 4.43 Å². The van der Waals surface area contributed by atoms with Crippen LogP contribution in [0.15, 0.2) is 0 Å². The lowest BCUT2D eigenvalue weighted by atomic mass is 10.5. The lowest BCUT2D eigenvalue weighted by Gasteiger charge is -2.64. The Bertz CT molecular complexity index is 646. The van der Waals surface area contributed by atoms with Crippen LogP contribution in [0.2, 0.25) is 50.4 Å². The average molecular weight is 591 g/mol. The molecule has 0 aromatic carbocycles. The van der Waals surface area contributed by atoms with Crippen LogP contribution in [0.4, 0.5) is 52.7 Å². The minimum atomic E-state index is -4.80. The van der Waals surface area contributed by atoms with E-state index in [1.165, 1.54) is 0 Å². The van der Waals surface area contributed by atoms with Crippen molar-refractivity contribution in [2.24, 2.45) is 0 Å². The Hall–Kier alpha value is -0.0125. The zero-order valence-corrected chi connectivity index (χ0v) is 23.3. The quantitative estimate of drug-likeness (QED) is 0.204. The fourth-order valence-electron chi connectivity index (χ4n) is 5.38. The number of hydrogen-bond acceptors (Lipinski definition) is 1.